The lowest BCUT2D eigenvalue weighted by Crippen LogP contribution is -2.28. The van der Waals surface area contributed by atoms with Crippen LogP contribution in [0, 0.1) is 26.7 Å². The second kappa shape index (κ2) is 9.11. The predicted molar refractivity (Wildman–Crippen MR) is 117 cm³/mol. The average molecular weight is 408 g/mol. The van der Waals surface area contributed by atoms with Crippen molar-refractivity contribution in [2.45, 2.75) is 40.5 Å². The van der Waals surface area contributed by atoms with Gasteiger partial charge in [0.15, 0.2) is 6.61 Å². The van der Waals surface area contributed by atoms with E-state index in [0.717, 1.165) is 40.0 Å². The van der Waals surface area contributed by atoms with Crippen LogP contribution < -0.4 is 10.2 Å². The molecule has 0 bridgehead atoms. The number of carbonyl (C=O) groups is 3. The Kier molecular flexibility index (Phi) is 6.55. The molecule has 1 heterocycles. The number of aryl methyl sites for hydroxylation is 3. The lowest BCUT2D eigenvalue weighted by Gasteiger charge is -2.20. The van der Waals surface area contributed by atoms with Crippen molar-refractivity contribution >= 4 is 29.2 Å². The summed E-state index contributed by atoms with van der Waals surface area (Å²) in [5.41, 5.74) is 5.67. The molecule has 0 saturated carbocycles. The minimum Gasteiger partial charge on any atom is -0.455 e. The molecule has 30 heavy (non-hydrogen) atoms. The van der Waals surface area contributed by atoms with Crippen molar-refractivity contribution in [2.75, 3.05) is 23.4 Å². The van der Waals surface area contributed by atoms with Gasteiger partial charge in [-0.1, -0.05) is 37.3 Å². The first-order valence-corrected chi connectivity index (χ1v) is 10.2. The van der Waals surface area contributed by atoms with E-state index in [1.165, 1.54) is 0 Å². The molecule has 1 aliphatic rings. The van der Waals surface area contributed by atoms with Crippen LogP contribution in [0.3, 0.4) is 0 Å². The van der Waals surface area contributed by atoms with Gasteiger partial charge in [-0.05, 0) is 55.5 Å². The van der Waals surface area contributed by atoms with E-state index in [1.54, 1.807) is 4.90 Å². The molecule has 0 spiro atoms. The van der Waals surface area contributed by atoms with E-state index in [4.69, 9.17) is 4.74 Å². The molecule has 1 aliphatic heterocycles. The van der Waals surface area contributed by atoms with Gasteiger partial charge >= 0.3 is 5.97 Å². The number of benzene rings is 2. The summed E-state index contributed by atoms with van der Waals surface area (Å²) in [6.45, 7) is 7.79. The number of amides is 2. The molecule has 1 saturated heterocycles. The maximum atomic E-state index is 12.5. The molecular weight excluding hydrogens is 380 g/mol. The molecule has 0 aromatic heterocycles. The molecule has 6 nitrogen and oxygen atoms in total. The number of carbonyl (C=O) groups excluding carboxylic acids is 3. The maximum Gasteiger partial charge on any atom is 0.311 e. The summed E-state index contributed by atoms with van der Waals surface area (Å²) in [6.07, 6.45) is 0.876. The Hall–Kier alpha value is -3.15. The Morgan fingerprint density at radius 1 is 1.10 bits per heavy atom. The molecule has 158 valence electrons. The molecular formula is C24H28N2O4. The third-order valence-electron chi connectivity index (χ3n) is 5.68. The van der Waals surface area contributed by atoms with Crippen LogP contribution in [-0.4, -0.2) is 30.9 Å². The monoisotopic (exact) mass is 408 g/mol. The fourth-order valence-corrected chi connectivity index (χ4v) is 3.76. The van der Waals surface area contributed by atoms with Crippen molar-refractivity contribution in [3.05, 3.63) is 58.7 Å². The Morgan fingerprint density at radius 2 is 1.80 bits per heavy atom. The van der Waals surface area contributed by atoms with Crippen LogP contribution in [0.1, 0.15) is 35.6 Å². The standard InChI is InChI=1S/C24H28N2O4/c1-5-18-10-6-9-16(3)23(18)25-21(27)14-30-24(29)19-12-22(28)26(13-19)20-11-7-8-15(2)17(20)4/h6-11,19H,5,12-14H2,1-4H3,(H,25,27). The molecule has 1 unspecified atom stereocenters. The number of anilines is 2. The smallest absolute Gasteiger partial charge is 0.311 e. The van der Waals surface area contributed by atoms with Gasteiger partial charge in [-0.25, -0.2) is 0 Å². The highest BCUT2D eigenvalue weighted by atomic mass is 16.5. The van der Waals surface area contributed by atoms with Crippen molar-refractivity contribution < 1.29 is 19.1 Å². The lowest BCUT2D eigenvalue weighted by atomic mass is 10.1. The van der Waals surface area contributed by atoms with Gasteiger partial charge in [0.1, 0.15) is 0 Å². The maximum absolute atomic E-state index is 12.5. The fraction of sp³-hybridized carbons (Fsp3) is 0.375. The molecule has 2 amide bonds. The van der Waals surface area contributed by atoms with Crippen LogP contribution >= 0.6 is 0 Å². The first kappa shape index (κ1) is 21.6. The minimum atomic E-state index is -0.574. The Bertz CT molecular complexity index is 983. The van der Waals surface area contributed by atoms with Crippen LogP contribution in [0.15, 0.2) is 36.4 Å². The zero-order valence-corrected chi connectivity index (χ0v) is 18.0. The van der Waals surface area contributed by atoms with Crippen LogP contribution in [0.2, 0.25) is 0 Å². The Morgan fingerprint density at radius 3 is 2.53 bits per heavy atom. The quantitative estimate of drug-likeness (QED) is 0.740. The van der Waals surface area contributed by atoms with E-state index in [-0.39, 0.29) is 31.4 Å². The number of para-hydroxylation sites is 1. The first-order valence-electron chi connectivity index (χ1n) is 10.2. The second-order valence-electron chi connectivity index (χ2n) is 7.74. The molecule has 1 atom stereocenters. The fourth-order valence-electron chi connectivity index (χ4n) is 3.76. The van der Waals surface area contributed by atoms with Gasteiger partial charge in [0.05, 0.1) is 5.92 Å². The zero-order chi connectivity index (χ0) is 21.8. The number of hydrogen-bond acceptors (Lipinski definition) is 4. The number of esters is 1. The highest BCUT2D eigenvalue weighted by Crippen LogP contribution is 2.30. The van der Waals surface area contributed by atoms with Crippen molar-refractivity contribution in [2.24, 2.45) is 5.92 Å². The van der Waals surface area contributed by atoms with Crippen molar-refractivity contribution in [3.8, 4) is 0 Å². The molecule has 1 N–H and O–H groups in total. The topological polar surface area (TPSA) is 75.7 Å². The van der Waals surface area contributed by atoms with E-state index in [0.29, 0.717) is 0 Å². The summed E-state index contributed by atoms with van der Waals surface area (Å²) in [5, 5.41) is 2.84. The van der Waals surface area contributed by atoms with Gasteiger partial charge in [-0.2, -0.15) is 0 Å². The third-order valence-corrected chi connectivity index (χ3v) is 5.68. The number of rotatable bonds is 6. The van der Waals surface area contributed by atoms with Gasteiger partial charge in [0, 0.05) is 24.3 Å². The average Bonchev–Trinajstić information content (AvgIpc) is 3.11. The second-order valence-corrected chi connectivity index (χ2v) is 7.74. The summed E-state index contributed by atoms with van der Waals surface area (Å²) in [6, 6.07) is 11.6. The molecule has 2 aromatic rings. The highest BCUT2D eigenvalue weighted by molar-refractivity contribution is 6.00. The number of nitrogens with zero attached hydrogens (tertiary/aromatic N) is 1. The van der Waals surface area contributed by atoms with Gasteiger partial charge in [-0.3, -0.25) is 14.4 Å². The summed E-state index contributed by atoms with van der Waals surface area (Å²) in [5.74, 6) is -1.59. The van der Waals surface area contributed by atoms with Gasteiger partial charge in [0.25, 0.3) is 5.91 Å². The van der Waals surface area contributed by atoms with Crippen molar-refractivity contribution in [3.63, 3.8) is 0 Å². The summed E-state index contributed by atoms with van der Waals surface area (Å²) < 4.78 is 5.23. The molecule has 1 fully saturated rings. The molecule has 6 heteroatoms. The van der Waals surface area contributed by atoms with Crippen LogP contribution in [-0.2, 0) is 25.5 Å². The normalized spacial score (nSPS) is 15.9. The van der Waals surface area contributed by atoms with Crippen LogP contribution in [0.5, 0.6) is 0 Å². The first-order chi connectivity index (χ1) is 14.3. The number of hydrogen-bond donors (Lipinski definition) is 1. The summed E-state index contributed by atoms with van der Waals surface area (Å²) >= 11 is 0. The van der Waals surface area contributed by atoms with Crippen molar-refractivity contribution in [1.29, 1.82) is 0 Å². The molecule has 2 aromatic carbocycles. The number of nitrogens with one attached hydrogen (secondary N) is 1. The number of ether oxygens (including phenoxy) is 1. The summed E-state index contributed by atoms with van der Waals surface area (Å²) in [7, 11) is 0. The highest BCUT2D eigenvalue weighted by Gasteiger charge is 2.37. The zero-order valence-electron chi connectivity index (χ0n) is 18.0. The van der Waals surface area contributed by atoms with E-state index >= 15 is 0 Å². The summed E-state index contributed by atoms with van der Waals surface area (Å²) in [4.78, 5) is 38.9. The van der Waals surface area contributed by atoms with Gasteiger partial charge in [-0.15, -0.1) is 0 Å². The molecule has 0 radical (unpaired) electrons. The van der Waals surface area contributed by atoms with E-state index in [2.05, 4.69) is 5.32 Å². The molecule has 3 rings (SSSR count). The van der Waals surface area contributed by atoms with Gasteiger partial charge in [0.2, 0.25) is 5.91 Å². The van der Waals surface area contributed by atoms with E-state index < -0.39 is 11.9 Å². The van der Waals surface area contributed by atoms with E-state index in [1.807, 2.05) is 64.1 Å². The lowest BCUT2D eigenvalue weighted by molar-refractivity contribution is -0.151. The van der Waals surface area contributed by atoms with E-state index in [9.17, 15) is 14.4 Å². The SMILES string of the molecule is CCc1cccc(C)c1NC(=O)COC(=O)C1CC(=O)N(c2cccc(C)c2C)C1. The predicted octanol–water partition coefficient (Wildman–Crippen LogP) is 3.71. The van der Waals surface area contributed by atoms with Gasteiger partial charge < -0.3 is 15.0 Å². The van der Waals surface area contributed by atoms with Crippen molar-refractivity contribution in [1.82, 2.24) is 0 Å². The Balaban J connectivity index is 1.59. The molecule has 0 aliphatic carbocycles. The Labute approximate surface area is 177 Å². The third kappa shape index (κ3) is 4.53. The largest absolute Gasteiger partial charge is 0.455 e. The van der Waals surface area contributed by atoms with Crippen LogP contribution in [0.25, 0.3) is 0 Å². The minimum absolute atomic E-state index is 0.0889. The van der Waals surface area contributed by atoms with Crippen LogP contribution in [0.4, 0.5) is 11.4 Å².